The first kappa shape index (κ1) is 27.4. The van der Waals surface area contributed by atoms with Crippen LogP contribution in [-0.2, 0) is 9.59 Å². The van der Waals surface area contributed by atoms with Crippen LogP contribution in [0.3, 0.4) is 0 Å². The number of hydrogen-bond donors (Lipinski definition) is 2. The van der Waals surface area contributed by atoms with E-state index in [1.165, 1.54) is 32.1 Å². The average molecular weight is 501 g/mol. The van der Waals surface area contributed by atoms with Gasteiger partial charge in [0, 0.05) is 41.9 Å². The molecule has 1 aromatic rings. The van der Waals surface area contributed by atoms with E-state index in [0.717, 1.165) is 42.9 Å². The molecule has 1 heterocycles. The van der Waals surface area contributed by atoms with Crippen molar-refractivity contribution in [3.8, 4) is 0 Å². The number of nitrogens with zero attached hydrogens (tertiary/aromatic N) is 2. The summed E-state index contributed by atoms with van der Waals surface area (Å²) in [6.45, 7) is 11.1. The highest BCUT2D eigenvalue weighted by molar-refractivity contribution is 6.30. The summed E-state index contributed by atoms with van der Waals surface area (Å²) in [6.07, 6.45) is 9.12. The van der Waals surface area contributed by atoms with Crippen LogP contribution in [0.5, 0.6) is 0 Å². The van der Waals surface area contributed by atoms with E-state index in [9.17, 15) is 9.59 Å². The summed E-state index contributed by atoms with van der Waals surface area (Å²) in [6, 6.07) is 5.57. The molecule has 1 unspecified atom stereocenters. The number of aliphatic imine (C=N–C) groups is 1. The average Bonchev–Trinajstić information content (AvgIpc) is 3.35. The van der Waals surface area contributed by atoms with Crippen molar-refractivity contribution in [2.45, 2.75) is 77.7 Å². The molecule has 3 rings (SSSR count). The number of amides is 2. The molecule has 0 spiro atoms. The van der Waals surface area contributed by atoms with E-state index in [0.29, 0.717) is 42.4 Å². The van der Waals surface area contributed by atoms with Crippen molar-refractivity contribution in [1.82, 2.24) is 15.5 Å². The van der Waals surface area contributed by atoms with Crippen molar-refractivity contribution in [3.63, 3.8) is 0 Å². The molecule has 1 aliphatic carbocycles. The number of nitrogens with one attached hydrogen (secondary N) is 2. The lowest BCUT2D eigenvalue weighted by Crippen LogP contribution is -2.49. The molecule has 1 atom stereocenters. The lowest BCUT2D eigenvalue weighted by atomic mass is 9.83. The summed E-state index contributed by atoms with van der Waals surface area (Å²) in [5.41, 5.74) is 3.40. The Morgan fingerprint density at radius 3 is 2.54 bits per heavy atom. The number of likely N-dealkylation sites (tertiary alicyclic amines) is 1. The van der Waals surface area contributed by atoms with E-state index in [-0.39, 0.29) is 17.9 Å². The molecule has 2 fully saturated rings. The van der Waals surface area contributed by atoms with Crippen LogP contribution < -0.4 is 10.6 Å². The number of benzene rings is 1. The van der Waals surface area contributed by atoms with Crippen molar-refractivity contribution in [2.75, 3.05) is 26.2 Å². The van der Waals surface area contributed by atoms with Gasteiger partial charge in [-0.1, -0.05) is 37.4 Å². The predicted octanol–water partition coefficient (Wildman–Crippen LogP) is 5.35. The highest BCUT2D eigenvalue weighted by Crippen LogP contribution is 2.27. The Hall–Kier alpha value is -2.18. The maximum absolute atomic E-state index is 12.9. The van der Waals surface area contributed by atoms with Gasteiger partial charge in [0.05, 0.1) is 5.69 Å². The Labute approximate surface area is 215 Å². The van der Waals surface area contributed by atoms with E-state index in [4.69, 9.17) is 11.6 Å². The molecule has 35 heavy (non-hydrogen) atoms. The van der Waals surface area contributed by atoms with E-state index in [2.05, 4.69) is 27.1 Å². The molecule has 0 radical (unpaired) electrons. The smallest absolute Gasteiger partial charge is 0.247 e. The molecule has 1 saturated heterocycles. The summed E-state index contributed by atoms with van der Waals surface area (Å²) >= 11 is 6.03. The maximum Gasteiger partial charge on any atom is 0.247 e. The fourth-order valence-corrected chi connectivity index (χ4v) is 5.29. The van der Waals surface area contributed by atoms with Crippen LogP contribution in [0.1, 0.15) is 70.3 Å². The zero-order valence-electron chi connectivity index (χ0n) is 21.4. The van der Waals surface area contributed by atoms with E-state index >= 15 is 0 Å². The molecular formula is C28H41ClN4O2. The predicted molar refractivity (Wildman–Crippen MR) is 145 cm³/mol. The highest BCUT2D eigenvalue weighted by atomic mass is 35.5. The molecule has 7 heteroatoms. The lowest BCUT2D eigenvalue weighted by molar-refractivity contribution is -0.123. The number of carbonyl (C=O) groups is 2. The highest BCUT2D eigenvalue weighted by Gasteiger charge is 2.26. The van der Waals surface area contributed by atoms with Crippen molar-refractivity contribution >= 4 is 34.8 Å². The molecule has 1 aromatic carbocycles. The second-order valence-electron chi connectivity index (χ2n) is 10.1. The molecule has 2 N–H and O–H groups in total. The van der Waals surface area contributed by atoms with Crippen molar-refractivity contribution < 1.29 is 9.59 Å². The fourth-order valence-electron chi connectivity index (χ4n) is 5.06. The van der Waals surface area contributed by atoms with Gasteiger partial charge in [0.15, 0.2) is 0 Å². The van der Waals surface area contributed by atoms with Crippen LogP contribution in [0.2, 0.25) is 5.02 Å². The topological polar surface area (TPSA) is 73.8 Å². The Balaban J connectivity index is 1.51. The van der Waals surface area contributed by atoms with Gasteiger partial charge < -0.3 is 10.6 Å². The van der Waals surface area contributed by atoms with Gasteiger partial charge in [-0.2, -0.15) is 0 Å². The van der Waals surface area contributed by atoms with Gasteiger partial charge >= 0.3 is 0 Å². The number of halogens is 1. The van der Waals surface area contributed by atoms with Crippen LogP contribution in [0, 0.1) is 12.8 Å². The second kappa shape index (κ2) is 13.8. The van der Waals surface area contributed by atoms with E-state index in [1.54, 1.807) is 0 Å². The molecule has 2 aliphatic rings. The SMILES string of the molecule is C=C(CN1CCCC1)C(=O)NCC(NC(=O)CCC(C)=Nc1ccc(Cl)cc1C)C1CCCCC1. The molecule has 192 valence electrons. The van der Waals surface area contributed by atoms with Gasteiger partial charge in [0.2, 0.25) is 11.8 Å². The summed E-state index contributed by atoms with van der Waals surface area (Å²) in [4.78, 5) is 32.5. The quantitative estimate of drug-likeness (QED) is 0.317. The number of rotatable bonds is 11. The summed E-state index contributed by atoms with van der Waals surface area (Å²) < 4.78 is 0. The van der Waals surface area contributed by atoms with Crippen molar-refractivity contribution in [2.24, 2.45) is 10.9 Å². The van der Waals surface area contributed by atoms with Gasteiger partial charge in [-0.3, -0.25) is 19.5 Å². The molecule has 2 amide bonds. The molecular weight excluding hydrogens is 460 g/mol. The molecule has 0 bridgehead atoms. The van der Waals surface area contributed by atoms with Crippen molar-refractivity contribution in [1.29, 1.82) is 0 Å². The summed E-state index contributed by atoms with van der Waals surface area (Å²) in [7, 11) is 0. The normalized spacial score (nSPS) is 18.3. The molecule has 6 nitrogen and oxygen atoms in total. The number of aryl methyl sites for hydroxylation is 1. The van der Waals surface area contributed by atoms with E-state index < -0.39 is 0 Å². The minimum atomic E-state index is -0.103. The van der Waals surface area contributed by atoms with Crippen LogP contribution in [-0.4, -0.2) is 54.6 Å². The van der Waals surface area contributed by atoms with Gasteiger partial charge in [0.25, 0.3) is 0 Å². The number of carbonyl (C=O) groups excluding carboxylic acids is 2. The minimum Gasteiger partial charge on any atom is -0.351 e. The van der Waals surface area contributed by atoms with Crippen molar-refractivity contribution in [3.05, 3.63) is 40.9 Å². The minimum absolute atomic E-state index is 0.00749. The van der Waals surface area contributed by atoms with Crippen LogP contribution in [0.4, 0.5) is 5.69 Å². The fraction of sp³-hybridized carbons (Fsp3) is 0.607. The van der Waals surface area contributed by atoms with E-state index in [1.807, 2.05) is 32.0 Å². The lowest BCUT2D eigenvalue weighted by Gasteiger charge is -2.31. The van der Waals surface area contributed by atoms with Crippen LogP contribution >= 0.6 is 11.6 Å². The molecule has 1 saturated carbocycles. The number of hydrogen-bond acceptors (Lipinski definition) is 4. The Morgan fingerprint density at radius 2 is 1.86 bits per heavy atom. The zero-order valence-corrected chi connectivity index (χ0v) is 22.1. The first-order valence-corrected chi connectivity index (χ1v) is 13.5. The Kier molecular flexibility index (Phi) is 10.8. The zero-order chi connectivity index (χ0) is 25.2. The Bertz CT molecular complexity index is 918. The molecule has 0 aromatic heterocycles. The summed E-state index contributed by atoms with van der Waals surface area (Å²) in [5, 5.41) is 6.97. The monoisotopic (exact) mass is 500 g/mol. The Morgan fingerprint density at radius 1 is 1.14 bits per heavy atom. The third kappa shape index (κ3) is 9.08. The van der Waals surface area contributed by atoms with Gasteiger partial charge in [0.1, 0.15) is 0 Å². The van der Waals surface area contributed by atoms with Crippen LogP contribution in [0.25, 0.3) is 0 Å². The molecule has 1 aliphatic heterocycles. The van der Waals surface area contributed by atoms with Gasteiger partial charge in [-0.25, -0.2) is 0 Å². The second-order valence-corrected chi connectivity index (χ2v) is 10.6. The van der Waals surface area contributed by atoms with Gasteiger partial charge in [-0.15, -0.1) is 0 Å². The summed E-state index contributed by atoms with van der Waals surface area (Å²) in [5.74, 6) is 0.299. The largest absolute Gasteiger partial charge is 0.351 e. The van der Waals surface area contributed by atoms with Gasteiger partial charge in [-0.05, 0) is 88.7 Å². The first-order chi connectivity index (χ1) is 16.8. The standard InChI is InChI=1S/C28H41ClN4O2/c1-20-17-24(29)12-13-25(20)31-22(3)11-14-27(34)32-26(23-9-5-4-6-10-23)18-30-28(35)21(2)19-33-15-7-8-16-33/h12-13,17,23,26H,2,4-11,14-16,18-19H2,1,3H3,(H,30,35)(H,32,34). The third-order valence-corrected chi connectivity index (χ3v) is 7.40. The van der Waals surface area contributed by atoms with Crippen LogP contribution in [0.15, 0.2) is 35.3 Å². The first-order valence-electron chi connectivity index (χ1n) is 13.1. The third-order valence-electron chi connectivity index (χ3n) is 7.17. The maximum atomic E-state index is 12.9.